The summed E-state index contributed by atoms with van der Waals surface area (Å²) >= 11 is 0. The van der Waals surface area contributed by atoms with E-state index in [2.05, 4.69) is 47.3 Å². The van der Waals surface area contributed by atoms with Gasteiger partial charge in [-0.3, -0.25) is 4.98 Å². The smallest absolute Gasteiger partial charge is 0.0601 e. The summed E-state index contributed by atoms with van der Waals surface area (Å²) in [6.07, 6.45) is 9.50. The first-order chi connectivity index (χ1) is 8.77. The molecule has 1 N–H and O–H groups in total. The molecule has 1 aromatic heterocycles. The van der Waals surface area contributed by atoms with Gasteiger partial charge in [-0.05, 0) is 30.5 Å². The van der Waals surface area contributed by atoms with Crippen LogP contribution in [-0.4, -0.2) is 24.6 Å². The number of hydrogen-bond donors (Lipinski definition) is 1. The van der Waals surface area contributed by atoms with Gasteiger partial charge in [0.05, 0.1) is 11.9 Å². The zero-order valence-corrected chi connectivity index (χ0v) is 11.4. The molecule has 0 amide bonds. The maximum Gasteiger partial charge on any atom is 0.0601 e. The number of hydrogen-bond acceptors (Lipinski definition) is 3. The lowest BCUT2D eigenvalue weighted by molar-refractivity contribution is 0.552. The predicted molar refractivity (Wildman–Crippen MR) is 76.8 cm³/mol. The van der Waals surface area contributed by atoms with Crippen LogP contribution >= 0.6 is 0 Å². The molecule has 0 unspecified atom stereocenters. The first kappa shape index (κ1) is 13.1. The third kappa shape index (κ3) is 3.57. The molecular formula is C15H23N3. The van der Waals surface area contributed by atoms with Crippen molar-refractivity contribution in [3.63, 3.8) is 0 Å². The van der Waals surface area contributed by atoms with E-state index in [1.54, 1.807) is 0 Å². The topological polar surface area (TPSA) is 28.2 Å². The van der Waals surface area contributed by atoms with Gasteiger partial charge in [-0.2, -0.15) is 0 Å². The van der Waals surface area contributed by atoms with Gasteiger partial charge in [0.1, 0.15) is 0 Å². The third-order valence-corrected chi connectivity index (χ3v) is 3.15. The molecule has 0 aromatic carbocycles. The number of aromatic nitrogens is 1. The van der Waals surface area contributed by atoms with Crippen LogP contribution in [0.25, 0.3) is 0 Å². The molecule has 3 nitrogen and oxygen atoms in total. The monoisotopic (exact) mass is 245 g/mol. The highest BCUT2D eigenvalue weighted by molar-refractivity contribution is 5.52. The van der Waals surface area contributed by atoms with Crippen LogP contribution in [0.5, 0.6) is 0 Å². The Kier molecular flexibility index (Phi) is 4.76. The minimum atomic E-state index is 0.688. The van der Waals surface area contributed by atoms with Gasteiger partial charge < -0.3 is 10.2 Å². The molecule has 0 bridgehead atoms. The van der Waals surface area contributed by atoms with Crippen LogP contribution in [0.1, 0.15) is 25.8 Å². The average molecular weight is 245 g/mol. The predicted octanol–water partition coefficient (Wildman–Crippen LogP) is 2.59. The number of rotatable bonds is 5. The number of nitrogens with zero attached hydrogens (tertiary/aromatic N) is 2. The van der Waals surface area contributed by atoms with E-state index in [4.69, 9.17) is 0 Å². The van der Waals surface area contributed by atoms with Gasteiger partial charge in [0, 0.05) is 25.8 Å². The largest absolute Gasteiger partial charge is 0.366 e. The van der Waals surface area contributed by atoms with Crippen LogP contribution in [0, 0.1) is 5.92 Å². The summed E-state index contributed by atoms with van der Waals surface area (Å²) in [7, 11) is 0. The molecule has 18 heavy (non-hydrogen) atoms. The molecule has 1 aliphatic rings. The second kappa shape index (κ2) is 6.55. The Morgan fingerprint density at radius 1 is 1.39 bits per heavy atom. The van der Waals surface area contributed by atoms with Crippen molar-refractivity contribution in [3.8, 4) is 0 Å². The van der Waals surface area contributed by atoms with Crippen molar-refractivity contribution in [3.05, 3.63) is 36.2 Å². The van der Waals surface area contributed by atoms with Crippen molar-refractivity contribution in [2.24, 2.45) is 5.92 Å². The van der Waals surface area contributed by atoms with Gasteiger partial charge in [-0.1, -0.05) is 26.0 Å². The highest BCUT2D eigenvalue weighted by atomic mass is 15.1. The fraction of sp³-hybridized carbons (Fsp3) is 0.533. The van der Waals surface area contributed by atoms with Crippen molar-refractivity contribution in [2.45, 2.75) is 26.8 Å². The molecule has 0 saturated carbocycles. The Hall–Kier alpha value is -1.35. The van der Waals surface area contributed by atoms with Crippen molar-refractivity contribution in [1.29, 1.82) is 0 Å². The molecule has 98 valence electrons. The normalized spacial score (nSPS) is 15.4. The van der Waals surface area contributed by atoms with Gasteiger partial charge >= 0.3 is 0 Å². The molecule has 1 aliphatic heterocycles. The first-order valence-electron chi connectivity index (χ1n) is 6.81. The van der Waals surface area contributed by atoms with Gasteiger partial charge in [0.25, 0.3) is 0 Å². The molecule has 0 saturated heterocycles. The lowest BCUT2D eigenvalue weighted by Crippen LogP contribution is -2.29. The lowest BCUT2D eigenvalue weighted by atomic mass is 10.1. The van der Waals surface area contributed by atoms with Crippen molar-refractivity contribution in [1.82, 2.24) is 10.3 Å². The highest BCUT2D eigenvalue weighted by Crippen LogP contribution is 2.21. The Morgan fingerprint density at radius 3 is 3.00 bits per heavy atom. The van der Waals surface area contributed by atoms with E-state index >= 15 is 0 Å². The van der Waals surface area contributed by atoms with Crippen LogP contribution in [0.3, 0.4) is 0 Å². The zero-order valence-electron chi connectivity index (χ0n) is 11.4. The fourth-order valence-electron chi connectivity index (χ4n) is 2.20. The first-order valence-corrected chi connectivity index (χ1v) is 6.81. The van der Waals surface area contributed by atoms with E-state index < -0.39 is 0 Å². The second-order valence-corrected chi connectivity index (χ2v) is 5.24. The summed E-state index contributed by atoms with van der Waals surface area (Å²) in [6.45, 7) is 8.55. The Balaban J connectivity index is 2.02. The minimum Gasteiger partial charge on any atom is -0.366 e. The van der Waals surface area contributed by atoms with Crippen LogP contribution in [0.15, 0.2) is 30.6 Å². The Labute approximate surface area is 110 Å². The molecule has 1 aromatic rings. The quantitative estimate of drug-likeness (QED) is 0.808. The SMILES string of the molecule is CC(C)CNCc1ccncc1N1CC=CCC1. The maximum absolute atomic E-state index is 4.27. The number of anilines is 1. The van der Waals surface area contributed by atoms with Gasteiger partial charge in [-0.15, -0.1) is 0 Å². The molecule has 0 atom stereocenters. The van der Waals surface area contributed by atoms with E-state index in [0.717, 1.165) is 32.6 Å². The average Bonchev–Trinajstić information content (AvgIpc) is 2.40. The van der Waals surface area contributed by atoms with Crippen LogP contribution in [0.2, 0.25) is 0 Å². The van der Waals surface area contributed by atoms with Crippen molar-refractivity contribution < 1.29 is 0 Å². The van der Waals surface area contributed by atoms with E-state index in [1.165, 1.54) is 11.3 Å². The summed E-state index contributed by atoms with van der Waals surface area (Å²) < 4.78 is 0. The van der Waals surface area contributed by atoms with E-state index in [0.29, 0.717) is 5.92 Å². The molecule has 2 heterocycles. The molecular weight excluding hydrogens is 222 g/mol. The number of nitrogens with one attached hydrogen (secondary N) is 1. The van der Waals surface area contributed by atoms with Crippen LogP contribution in [0.4, 0.5) is 5.69 Å². The summed E-state index contributed by atoms with van der Waals surface area (Å²) in [6, 6.07) is 2.13. The molecule has 0 aliphatic carbocycles. The number of pyridine rings is 1. The summed E-state index contributed by atoms with van der Waals surface area (Å²) in [4.78, 5) is 6.67. The standard InChI is InChI=1S/C15H23N3/c1-13(2)10-17-11-14-6-7-16-12-15(14)18-8-4-3-5-9-18/h3-4,6-7,12-13,17H,5,8-11H2,1-2H3. The van der Waals surface area contributed by atoms with Crippen LogP contribution in [-0.2, 0) is 6.54 Å². The summed E-state index contributed by atoms with van der Waals surface area (Å²) in [5.41, 5.74) is 2.62. The lowest BCUT2D eigenvalue weighted by Gasteiger charge is -2.27. The molecule has 3 heteroatoms. The van der Waals surface area contributed by atoms with Gasteiger partial charge in [0.2, 0.25) is 0 Å². The van der Waals surface area contributed by atoms with Crippen LogP contribution < -0.4 is 10.2 Å². The van der Waals surface area contributed by atoms with E-state index in [1.807, 2.05) is 12.4 Å². The second-order valence-electron chi connectivity index (χ2n) is 5.24. The molecule has 0 spiro atoms. The van der Waals surface area contributed by atoms with Crippen molar-refractivity contribution >= 4 is 5.69 Å². The third-order valence-electron chi connectivity index (χ3n) is 3.15. The zero-order chi connectivity index (χ0) is 12.8. The minimum absolute atomic E-state index is 0.688. The van der Waals surface area contributed by atoms with Gasteiger partial charge in [-0.25, -0.2) is 0 Å². The fourth-order valence-corrected chi connectivity index (χ4v) is 2.20. The summed E-state index contributed by atoms with van der Waals surface area (Å²) in [5.74, 6) is 0.688. The van der Waals surface area contributed by atoms with E-state index in [-0.39, 0.29) is 0 Å². The Bertz CT molecular complexity index is 398. The molecule has 0 radical (unpaired) electrons. The van der Waals surface area contributed by atoms with Gasteiger partial charge in [0.15, 0.2) is 0 Å². The van der Waals surface area contributed by atoms with E-state index in [9.17, 15) is 0 Å². The highest BCUT2D eigenvalue weighted by Gasteiger charge is 2.11. The maximum atomic E-state index is 4.27. The molecule has 0 fully saturated rings. The summed E-state index contributed by atoms with van der Waals surface area (Å²) in [5, 5.41) is 3.51. The Morgan fingerprint density at radius 2 is 2.28 bits per heavy atom. The molecule has 2 rings (SSSR count). The van der Waals surface area contributed by atoms with Crippen molar-refractivity contribution in [2.75, 3.05) is 24.5 Å².